The van der Waals surface area contributed by atoms with Crippen LogP contribution in [0.1, 0.15) is 32.1 Å². The third-order valence-electron chi connectivity index (χ3n) is 5.25. The molecule has 2 fully saturated rings. The first-order valence-electron chi connectivity index (χ1n) is 8.68. The normalized spacial score (nSPS) is 23.2. The molecule has 0 radical (unpaired) electrons. The van der Waals surface area contributed by atoms with Crippen LogP contribution in [-0.4, -0.2) is 69.5 Å². The number of carbonyl (C=O) groups excluding carboxylic acids is 1. The molecule has 140 valence electrons. The SMILES string of the molecule is COCCC1(C(=O)NCC(N2CCNCC2)C(F)(F)F)CCCC1. The van der Waals surface area contributed by atoms with Gasteiger partial charge < -0.3 is 15.4 Å². The van der Waals surface area contributed by atoms with E-state index in [1.54, 1.807) is 7.11 Å². The summed E-state index contributed by atoms with van der Waals surface area (Å²) in [5.41, 5.74) is -0.560. The van der Waals surface area contributed by atoms with E-state index in [1.807, 2.05) is 0 Å². The van der Waals surface area contributed by atoms with E-state index in [9.17, 15) is 18.0 Å². The van der Waals surface area contributed by atoms with Crippen LogP contribution < -0.4 is 10.6 Å². The second-order valence-electron chi connectivity index (χ2n) is 6.78. The van der Waals surface area contributed by atoms with Crippen molar-refractivity contribution in [1.29, 1.82) is 0 Å². The summed E-state index contributed by atoms with van der Waals surface area (Å²) >= 11 is 0. The maximum atomic E-state index is 13.4. The molecule has 1 unspecified atom stereocenters. The van der Waals surface area contributed by atoms with Crippen molar-refractivity contribution in [2.75, 3.05) is 46.4 Å². The van der Waals surface area contributed by atoms with Gasteiger partial charge in [-0.25, -0.2) is 0 Å². The highest BCUT2D eigenvalue weighted by Gasteiger charge is 2.46. The molecule has 5 nitrogen and oxygen atoms in total. The summed E-state index contributed by atoms with van der Waals surface area (Å²) in [5, 5.41) is 5.65. The van der Waals surface area contributed by atoms with E-state index in [0.29, 0.717) is 39.2 Å². The summed E-state index contributed by atoms with van der Waals surface area (Å²) in [6.07, 6.45) is -0.437. The number of alkyl halides is 3. The molecule has 1 aliphatic carbocycles. The number of hydrogen-bond acceptors (Lipinski definition) is 4. The minimum absolute atomic E-state index is 0.249. The first-order chi connectivity index (χ1) is 11.4. The van der Waals surface area contributed by atoms with Crippen molar-refractivity contribution >= 4 is 5.91 Å². The van der Waals surface area contributed by atoms with Crippen LogP contribution in [0.2, 0.25) is 0 Å². The molecule has 1 saturated carbocycles. The fourth-order valence-electron chi connectivity index (χ4n) is 3.76. The molecule has 8 heteroatoms. The number of ether oxygens (including phenoxy) is 1. The van der Waals surface area contributed by atoms with Gasteiger partial charge >= 0.3 is 6.18 Å². The van der Waals surface area contributed by atoms with Crippen molar-refractivity contribution < 1.29 is 22.7 Å². The van der Waals surface area contributed by atoms with Crippen LogP contribution in [0.25, 0.3) is 0 Å². The Labute approximate surface area is 141 Å². The lowest BCUT2D eigenvalue weighted by Crippen LogP contribution is -2.58. The highest BCUT2D eigenvalue weighted by atomic mass is 19.4. The highest BCUT2D eigenvalue weighted by Crippen LogP contribution is 2.41. The van der Waals surface area contributed by atoms with Crippen molar-refractivity contribution in [3.05, 3.63) is 0 Å². The van der Waals surface area contributed by atoms with E-state index in [0.717, 1.165) is 25.7 Å². The van der Waals surface area contributed by atoms with Gasteiger partial charge in [0.2, 0.25) is 5.91 Å². The monoisotopic (exact) mass is 351 g/mol. The van der Waals surface area contributed by atoms with E-state index in [2.05, 4.69) is 10.6 Å². The molecular formula is C16H28F3N3O2. The van der Waals surface area contributed by atoms with Crippen LogP contribution in [-0.2, 0) is 9.53 Å². The summed E-state index contributed by atoms with van der Waals surface area (Å²) in [7, 11) is 1.57. The van der Waals surface area contributed by atoms with Crippen LogP contribution in [0, 0.1) is 5.41 Å². The Hall–Kier alpha value is -0.860. The zero-order valence-electron chi connectivity index (χ0n) is 14.3. The van der Waals surface area contributed by atoms with E-state index in [-0.39, 0.29) is 12.5 Å². The average molecular weight is 351 g/mol. The molecule has 0 aromatic carbocycles. The molecule has 2 rings (SSSR count). The molecule has 1 amide bonds. The van der Waals surface area contributed by atoms with Crippen molar-refractivity contribution in [3.63, 3.8) is 0 Å². The summed E-state index contributed by atoms with van der Waals surface area (Å²) in [6, 6.07) is -1.62. The third kappa shape index (κ3) is 4.83. The molecule has 1 aliphatic heterocycles. The maximum absolute atomic E-state index is 13.4. The number of halogens is 3. The van der Waals surface area contributed by atoms with Gasteiger partial charge in [0.1, 0.15) is 6.04 Å². The minimum Gasteiger partial charge on any atom is -0.385 e. The molecule has 0 aromatic heterocycles. The first kappa shape index (κ1) is 19.5. The zero-order chi connectivity index (χ0) is 17.6. The van der Waals surface area contributed by atoms with Gasteiger partial charge in [-0.3, -0.25) is 9.69 Å². The molecule has 1 heterocycles. The summed E-state index contributed by atoms with van der Waals surface area (Å²) in [6.45, 7) is 1.84. The van der Waals surface area contributed by atoms with Gasteiger partial charge in [0, 0.05) is 46.4 Å². The predicted octanol–water partition coefficient (Wildman–Crippen LogP) is 1.54. The fraction of sp³-hybridized carbons (Fsp3) is 0.938. The van der Waals surface area contributed by atoms with E-state index < -0.39 is 17.6 Å². The Bertz CT molecular complexity index is 406. The molecule has 0 bridgehead atoms. The van der Waals surface area contributed by atoms with E-state index in [4.69, 9.17) is 4.74 Å². The number of nitrogens with zero attached hydrogens (tertiary/aromatic N) is 1. The summed E-state index contributed by atoms with van der Waals surface area (Å²) in [5.74, 6) is -0.249. The number of hydrogen-bond donors (Lipinski definition) is 2. The van der Waals surface area contributed by atoms with Crippen LogP contribution in [0.5, 0.6) is 0 Å². The zero-order valence-corrected chi connectivity index (χ0v) is 14.3. The van der Waals surface area contributed by atoms with E-state index in [1.165, 1.54) is 4.90 Å². The van der Waals surface area contributed by atoms with Crippen molar-refractivity contribution in [1.82, 2.24) is 15.5 Å². The molecular weight excluding hydrogens is 323 g/mol. The number of amides is 1. The van der Waals surface area contributed by atoms with Gasteiger partial charge in [0.05, 0.1) is 5.41 Å². The van der Waals surface area contributed by atoms with Gasteiger partial charge in [-0.2, -0.15) is 13.2 Å². The molecule has 2 N–H and O–H groups in total. The van der Waals surface area contributed by atoms with E-state index >= 15 is 0 Å². The Morgan fingerprint density at radius 1 is 1.29 bits per heavy atom. The molecule has 1 saturated heterocycles. The Kier molecular flexibility index (Phi) is 6.88. The van der Waals surface area contributed by atoms with Gasteiger partial charge in [0.15, 0.2) is 0 Å². The van der Waals surface area contributed by atoms with Gasteiger partial charge in [-0.05, 0) is 19.3 Å². The standard InChI is InChI=1S/C16H28F3N3O2/c1-24-11-6-15(4-2-3-5-15)14(23)21-12-13(16(17,18)19)22-9-7-20-8-10-22/h13,20H,2-12H2,1H3,(H,21,23). The Balaban J connectivity index is 1.97. The molecule has 2 aliphatic rings. The van der Waals surface area contributed by atoms with Crippen molar-refractivity contribution in [2.24, 2.45) is 5.41 Å². The number of piperazine rings is 1. The summed E-state index contributed by atoms with van der Waals surface area (Å²) in [4.78, 5) is 14.0. The van der Waals surface area contributed by atoms with Crippen LogP contribution in [0.15, 0.2) is 0 Å². The number of nitrogens with one attached hydrogen (secondary N) is 2. The molecule has 0 aromatic rings. The lowest BCUT2D eigenvalue weighted by Gasteiger charge is -2.37. The van der Waals surface area contributed by atoms with Gasteiger partial charge in [-0.1, -0.05) is 12.8 Å². The number of rotatable bonds is 7. The average Bonchev–Trinajstić information content (AvgIpc) is 3.03. The van der Waals surface area contributed by atoms with Crippen LogP contribution in [0.4, 0.5) is 13.2 Å². The molecule has 0 spiro atoms. The number of carbonyl (C=O) groups is 1. The van der Waals surface area contributed by atoms with Crippen molar-refractivity contribution in [3.8, 4) is 0 Å². The van der Waals surface area contributed by atoms with Gasteiger partial charge in [0.25, 0.3) is 0 Å². The van der Waals surface area contributed by atoms with Gasteiger partial charge in [-0.15, -0.1) is 0 Å². The Morgan fingerprint density at radius 2 is 1.92 bits per heavy atom. The molecule has 1 atom stereocenters. The second kappa shape index (κ2) is 8.49. The van der Waals surface area contributed by atoms with Crippen LogP contribution >= 0.6 is 0 Å². The second-order valence-corrected chi connectivity index (χ2v) is 6.78. The topological polar surface area (TPSA) is 53.6 Å². The quantitative estimate of drug-likeness (QED) is 0.731. The molecule has 24 heavy (non-hydrogen) atoms. The first-order valence-corrected chi connectivity index (χ1v) is 8.68. The lowest BCUT2D eigenvalue weighted by molar-refractivity contribution is -0.184. The fourth-order valence-corrected chi connectivity index (χ4v) is 3.76. The van der Waals surface area contributed by atoms with Crippen LogP contribution in [0.3, 0.4) is 0 Å². The summed E-state index contributed by atoms with van der Waals surface area (Å²) < 4.78 is 45.3. The predicted molar refractivity (Wildman–Crippen MR) is 84.7 cm³/mol. The highest BCUT2D eigenvalue weighted by molar-refractivity contribution is 5.83. The minimum atomic E-state index is -4.35. The number of methoxy groups -OCH3 is 1. The lowest BCUT2D eigenvalue weighted by atomic mass is 9.82. The maximum Gasteiger partial charge on any atom is 0.405 e. The Morgan fingerprint density at radius 3 is 2.46 bits per heavy atom. The largest absolute Gasteiger partial charge is 0.405 e. The smallest absolute Gasteiger partial charge is 0.385 e. The van der Waals surface area contributed by atoms with Crippen molar-refractivity contribution in [2.45, 2.75) is 44.3 Å². The third-order valence-corrected chi connectivity index (χ3v) is 5.25.